The van der Waals surface area contributed by atoms with Gasteiger partial charge in [-0.3, -0.25) is 9.78 Å². The highest BCUT2D eigenvalue weighted by Gasteiger charge is 2.45. The summed E-state index contributed by atoms with van der Waals surface area (Å²) in [5.74, 6) is -0.845. The van der Waals surface area contributed by atoms with Gasteiger partial charge in [0, 0.05) is 30.2 Å². The number of carboxylic acid groups (broad SMARTS) is 1. The number of nitrogens with zero attached hydrogens (tertiary/aromatic N) is 3. The van der Waals surface area contributed by atoms with Gasteiger partial charge in [-0.05, 0) is 6.42 Å². The third kappa shape index (κ3) is 1.20. The maximum Gasteiger partial charge on any atom is 0.307 e. The number of fused-ring (bicyclic) bond motifs is 1. The van der Waals surface area contributed by atoms with Crippen molar-refractivity contribution in [3.05, 3.63) is 30.5 Å². The standard InChI is InChI=1S/C10H9N3O2/c14-10(15)7-3-6(7)8-4-12-9-5-11-1-2-13(8)9/h1-2,4-7H,3H2,(H,14,15)/t6-,7-/m1/s1. The first kappa shape index (κ1) is 8.40. The Labute approximate surface area is 85.4 Å². The van der Waals surface area contributed by atoms with Crippen LogP contribution in [-0.4, -0.2) is 25.4 Å². The van der Waals surface area contributed by atoms with Gasteiger partial charge in [0.1, 0.15) is 0 Å². The highest BCUT2D eigenvalue weighted by atomic mass is 16.4. The predicted octanol–water partition coefficient (Wildman–Crippen LogP) is 0.917. The molecule has 0 bridgehead atoms. The van der Waals surface area contributed by atoms with Crippen molar-refractivity contribution >= 4 is 11.6 Å². The van der Waals surface area contributed by atoms with Gasteiger partial charge in [0.2, 0.25) is 0 Å². The molecule has 5 nitrogen and oxygen atoms in total. The van der Waals surface area contributed by atoms with Crippen LogP contribution in [0.3, 0.4) is 0 Å². The van der Waals surface area contributed by atoms with Crippen molar-refractivity contribution in [2.45, 2.75) is 12.3 Å². The van der Waals surface area contributed by atoms with Gasteiger partial charge in [-0.2, -0.15) is 0 Å². The highest BCUT2D eigenvalue weighted by molar-refractivity contribution is 5.75. The van der Waals surface area contributed by atoms with Crippen LogP contribution in [0.25, 0.3) is 5.65 Å². The number of hydrogen-bond donors (Lipinski definition) is 1. The lowest BCUT2D eigenvalue weighted by Gasteiger charge is -1.97. The molecular weight excluding hydrogens is 194 g/mol. The quantitative estimate of drug-likeness (QED) is 0.788. The number of carbonyl (C=O) groups is 1. The van der Waals surface area contributed by atoms with Gasteiger partial charge in [-0.25, -0.2) is 4.98 Å². The van der Waals surface area contributed by atoms with E-state index in [4.69, 9.17) is 5.11 Å². The molecule has 0 radical (unpaired) electrons. The third-order valence-electron chi connectivity index (χ3n) is 2.83. The van der Waals surface area contributed by atoms with Crippen molar-refractivity contribution in [2.24, 2.45) is 5.92 Å². The van der Waals surface area contributed by atoms with Gasteiger partial charge in [0.05, 0.1) is 12.1 Å². The van der Waals surface area contributed by atoms with E-state index in [2.05, 4.69) is 9.97 Å². The molecule has 1 aliphatic carbocycles. The lowest BCUT2D eigenvalue weighted by molar-refractivity contribution is -0.138. The van der Waals surface area contributed by atoms with Crippen LogP contribution < -0.4 is 0 Å². The van der Waals surface area contributed by atoms with Gasteiger partial charge in [0.15, 0.2) is 5.65 Å². The van der Waals surface area contributed by atoms with E-state index < -0.39 is 5.97 Å². The molecule has 0 unspecified atom stereocenters. The fourth-order valence-corrected chi connectivity index (χ4v) is 1.93. The van der Waals surface area contributed by atoms with E-state index in [1.54, 1.807) is 18.6 Å². The van der Waals surface area contributed by atoms with Gasteiger partial charge < -0.3 is 9.51 Å². The van der Waals surface area contributed by atoms with E-state index in [-0.39, 0.29) is 11.8 Å². The van der Waals surface area contributed by atoms with Crippen molar-refractivity contribution in [2.75, 3.05) is 0 Å². The Balaban J connectivity index is 2.03. The molecule has 2 atom stereocenters. The summed E-state index contributed by atoms with van der Waals surface area (Å²) in [5, 5.41) is 8.85. The van der Waals surface area contributed by atoms with Gasteiger partial charge in [-0.1, -0.05) is 0 Å². The Kier molecular flexibility index (Phi) is 1.56. The molecule has 2 aromatic rings. The summed E-state index contributed by atoms with van der Waals surface area (Å²) in [7, 11) is 0. The van der Waals surface area contributed by atoms with E-state index >= 15 is 0 Å². The minimum absolute atomic E-state index is 0.111. The molecule has 5 heteroatoms. The first-order valence-corrected chi connectivity index (χ1v) is 4.77. The lowest BCUT2D eigenvalue weighted by Crippen LogP contribution is -2.00. The molecule has 0 amide bonds. The monoisotopic (exact) mass is 203 g/mol. The average molecular weight is 203 g/mol. The fourth-order valence-electron chi connectivity index (χ4n) is 1.93. The molecule has 0 spiro atoms. The minimum atomic E-state index is -0.719. The van der Waals surface area contributed by atoms with Crippen LogP contribution in [0.4, 0.5) is 0 Å². The summed E-state index contributed by atoms with van der Waals surface area (Å²) in [4.78, 5) is 18.9. The van der Waals surface area contributed by atoms with Crippen LogP contribution in [0, 0.1) is 5.92 Å². The number of rotatable bonds is 2. The van der Waals surface area contributed by atoms with Crippen molar-refractivity contribution in [3.8, 4) is 0 Å². The van der Waals surface area contributed by atoms with Crippen LogP contribution in [0.2, 0.25) is 0 Å². The zero-order chi connectivity index (χ0) is 10.4. The SMILES string of the molecule is O=C(O)[C@@H]1C[C@H]1c1cnc2cnccn12. The van der Waals surface area contributed by atoms with Gasteiger partial charge >= 0.3 is 5.97 Å². The molecule has 1 fully saturated rings. The summed E-state index contributed by atoms with van der Waals surface area (Å²) in [5.41, 5.74) is 1.74. The predicted molar refractivity (Wildman–Crippen MR) is 51.5 cm³/mol. The van der Waals surface area contributed by atoms with Crippen LogP contribution >= 0.6 is 0 Å². The van der Waals surface area contributed by atoms with E-state index in [1.165, 1.54) is 0 Å². The summed E-state index contributed by atoms with van der Waals surface area (Å²) in [6.07, 6.45) is 7.61. The van der Waals surface area contributed by atoms with Crippen LogP contribution in [0.5, 0.6) is 0 Å². The first-order valence-electron chi connectivity index (χ1n) is 4.77. The molecular formula is C10H9N3O2. The minimum Gasteiger partial charge on any atom is -0.481 e. The second-order valence-corrected chi connectivity index (χ2v) is 3.77. The van der Waals surface area contributed by atoms with Crippen LogP contribution in [0.15, 0.2) is 24.8 Å². The van der Waals surface area contributed by atoms with Crippen molar-refractivity contribution in [3.63, 3.8) is 0 Å². The molecule has 0 saturated heterocycles. The molecule has 2 heterocycles. The van der Waals surface area contributed by atoms with Crippen LogP contribution in [0.1, 0.15) is 18.0 Å². The zero-order valence-electron chi connectivity index (χ0n) is 7.87. The largest absolute Gasteiger partial charge is 0.481 e. The molecule has 1 aliphatic rings. The second kappa shape index (κ2) is 2.79. The topological polar surface area (TPSA) is 67.5 Å². The molecule has 0 aliphatic heterocycles. The van der Waals surface area contributed by atoms with Gasteiger partial charge in [-0.15, -0.1) is 0 Å². The molecule has 2 aromatic heterocycles. The molecule has 15 heavy (non-hydrogen) atoms. The maximum absolute atomic E-state index is 10.8. The number of hydrogen-bond acceptors (Lipinski definition) is 3. The summed E-state index contributed by atoms with van der Waals surface area (Å²) < 4.78 is 1.90. The molecule has 1 saturated carbocycles. The molecule has 3 rings (SSSR count). The number of aliphatic carboxylic acids is 1. The van der Waals surface area contributed by atoms with E-state index in [0.717, 1.165) is 11.3 Å². The molecule has 76 valence electrons. The molecule has 0 aromatic carbocycles. The summed E-state index contributed by atoms with van der Waals surface area (Å²) >= 11 is 0. The van der Waals surface area contributed by atoms with Crippen molar-refractivity contribution < 1.29 is 9.90 Å². The normalized spacial score (nSPS) is 24.3. The Hall–Kier alpha value is -1.91. The lowest BCUT2D eigenvalue weighted by atomic mass is 10.2. The maximum atomic E-state index is 10.8. The smallest absolute Gasteiger partial charge is 0.307 e. The Morgan fingerprint density at radius 2 is 2.40 bits per heavy atom. The highest BCUT2D eigenvalue weighted by Crippen LogP contribution is 2.47. The van der Waals surface area contributed by atoms with Crippen molar-refractivity contribution in [1.29, 1.82) is 0 Å². The van der Waals surface area contributed by atoms with Crippen molar-refractivity contribution in [1.82, 2.24) is 14.4 Å². The Morgan fingerprint density at radius 3 is 3.13 bits per heavy atom. The van der Waals surface area contributed by atoms with Crippen LogP contribution in [-0.2, 0) is 4.79 Å². The number of aromatic nitrogens is 3. The van der Waals surface area contributed by atoms with E-state index in [1.807, 2.05) is 10.6 Å². The Morgan fingerprint density at radius 1 is 1.53 bits per heavy atom. The first-order chi connectivity index (χ1) is 7.27. The zero-order valence-corrected chi connectivity index (χ0v) is 7.87. The van der Waals surface area contributed by atoms with E-state index in [9.17, 15) is 4.79 Å². The molecule has 1 N–H and O–H groups in total. The Bertz CT molecular complexity index is 534. The summed E-state index contributed by atoms with van der Waals surface area (Å²) in [6, 6.07) is 0. The van der Waals surface area contributed by atoms with Gasteiger partial charge in [0.25, 0.3) is 0 Å². The average Bonchev–Trinajstić information content (AvgIpc) is 2.92. The second-order valence-electron chi connectivity index (χ2n) is 3.77. The van der Waals surface area contributed by atoms with E-state index in [0.29, 0.717) is 6.42 Å². The number of imidazole rings is 1. The number of carboxylic acids is 1. The fraction of sp³-hybridized carbons (Fsp3) is 0.300. The summed E-state index contributed by atoms with van der Waals surface area (Å²) in [6.45, 7) is 0. The third-order valence-corrected chi connectivity index (χ3v) is 2.83.